The fraction of sp³-hybridized carbons (Fsp3) is 0.0909. The summed E-state index contributed by atoms with van der Waals surface area (Å²) in [6.45, 7) is 2.07. The van der Waals surface area contributed by atoms with Crippen molar-refractivity contribution in [2.24, 2.45) is 0 Å². The highest BCUT2D eigenvalue weighted by molar-refractivity contribution is 7.23. The van der Waals surface area contributed by atoms with Gasteiger partial charge in [0.1, 0.15) is 16.3 Å². The lowest BCUT2D eigenvalue weighted by atomic mass is 10.1. The molecule has 0 atom stereocenters. The lowest BCUT2D eigenvalue weighted by molar-refractivity contribution is -2.00. The van der Waals surface area contributed by atoms with Crippen LogP contribution in [0.3, 0.4) is 0 Å². The lowest BCUT2D eigenvalue weighted by Gasteiger charge is -2.17. The first-order valence-corrected chi connectivity index (χ1v) is 11.3. The van der Waals surface area contributed by atoms with E-state index in [0.717, 1.165) is 38.9 Å². The maximum absolute atomic E-state index is 9.91. The van der Waals surface area contributed by atoms with Crippen LogP contribution in [0, 0.1) is 28.5 Å². The van der Waals surface area contributed by atoms with E-state index in [1.807, 2.05) is 54.4 Å². The van der Waals surface area contributed by atoms with Crippen LogP contribution in [-0.4, -0.2) is 7.05 Å². The third-order valence-electron chi connectivity index (χ3n) is 4.90. The zero-order chi connectivity index (χ0) is 23.0. The average molecular weight is 470 g/mol. The summed E-state index contributed by atoms with van der Waals surface area (Å²) < 4.78 is 43.3. The Hall–Kier alpha value is -3.23. The Morgan fingerprint density at radius 2 is 1.75 bits per heavy atom. The van der Waals surface area contributed by atoms with Gasteiger partial charge in [0.15, 0.2) is 11.4 Å². The molecule has 0 unspecified atom stereocenters. The van der Waals surface area contributed by atoms with Gasteiger partial charge in [0.25, 0.3) is 4.83 Å². The molecule has 0 bridgehead atoms. The van der Waals surface area contributed by atoms with Crippen molar-refractivity contribution >= 4 is 38.1 Å². The number of ether oxygens (including phenoxy) is 1. The molecule has 32 heavy (non-hydrogen) atoms. The van der Waals surface area contributed by atoms with Gasteiger partial charge in [0.2, 0.25) is 11.4 Å². The van der Waals surface area contributed by atoms with Crippen molar-refractivity contribution in [2.45, 2.75) is 6.92 Å². The van der Waals surface area contributed by atoms with Gasteiger partial charge in [-0.15, -0.1) is 14.6 Å². The summed E-state index contributed by atoms with van der Waals surface area (Å²) in [5.41, 5.74) is 4.79. The molecule has 3 heterocycles. The van der Waals surface area contributed by atoms with Gasteiger partial charge in [-0.05, 0) is 18.2 Å². The standard InChI is InChI=1S/C22H16N3OS.ClHO4/c1-14-11-15(12-21-24(2)17-7-3-5-9-19(17)26-21)16(13-23)22-25(14)18-8-4-6-10-20(18)27-22;2-1(3,4)5/h3-12H,1-2H3;(H,2,3,4,5)/q+1;/p-1. The highest BCUT2D eigenvalue weighted by atomic mass is 35.7. The number of fused-ring (bicyclic) bond motifs is 4. The first-order valence-electron chi connectivity index (χ1n) is 9.28. The fourth-order valence-corrected chi connectivity index (χ4v) is 4.81. The summed E-state index contributed by atoms with van der Waals surface area (Å²) >= 11 is 1.64. The second-order valence-electron chi connectivity index (χ2n) is 6.93. The number of rotatable bonds is 1. The van der Waals surface area contributed by atoms with Crippen LogP contribution in [0.5, 0.6) is 5.75 Å². The number of nitriles is 1. The van der Waals surface area contributed by atoms with E-state index in [2.05, 4.69) is 35.6 Å². The minimum Gasteiger partial charge on any atom is -0.439 e. The number of halogens is 1. The molecule has 0 amide bonds. The van der Waals surface area contributed by atoms with Gasteiger partial charge in [-0.3, -0.25) is 0 Å². The molecule has 0 saturated heterocycles. The number of thiazole rings is 1. The van der Waals surface area contributed by atoms with Crippen molar-refractivity contribution in [1.29, 1.82) is 5.26 Å². The second-order valence-corrected chi connectivity index (χ2v) is 8.71. The number of para-hydroxylation sites is 3. The summed E-state index contributed by atoms with van der Waals surface area (Å²) in [6.07, 6.45) is 1.95. The molecule has 1 aliphatic rings. The first kappa shape index (κ1) is 22.0. The summed E-state index contributed by atoms with van der Waals surface area (Å²) in [5, 5.41) is 9.91. The Kier molecular flexibility index (Phi) is 5.75. The molecule has 8 nitrogen and oxygen atoms in total. The van der Waals surface area contributed by atoms with E-state index in [0.29, 0.717) is 5.56 Å². The third-order valence-corrected chi connectivity index (χ3v) is 6.04. The van der Waals surface area contributed by atoms with Crippen LogP contribution in [0.4, 0.5) is 5.69 Å². The van der Waals surface area contributed by atoms with Crippen molar-refractivity contribution < 1.29 is 38.0 Å². The maximum Gasteiger partial charge on any atom is 0.287 e. The molecule has 2 aromatic carbocycles. The van der Waals surface area contributed by atoms with Crippen LogP contribution in [0.15, 0.2) is 60.5 Å². The molecule has 0 aliphatic carbocycles. The topological polar surface area (TPSA) is 133 Å². The minimum atomic E-state index is -4.94. The summed E-state index contributed by atoms with van der Waals surface area (Å²) in [4.78, 5) is 2.97. The van der Waals surface area contributed by atoms with Crippen molar-refractivity contribution in [1.82, 2.24) is 0 Å². The van der Waals surface area contributed by atoms with E-state index in [1.54, 1.807) is 11.3 Å². The van der Waals surface area contributed by atoms with Crippen LogP contribution >= 0.6 is 11.3 Å². The number of pyridine rings is 1. The van der Waals surface area contributed by atoms with Crippen LogP contribution < -0.4 is 32.7 Å². The Labute approximate surface area is 189 Å². The zero-order valence-electron chi connectivity index (χ0n) is 16.9. The minimum absolute atomic E-state index is 0.669. The molecule has 0 fully saturated rings. The van der Waals surface area contributed by atoms with Crippen molar-refractivity contribution in [2.75, 3.05) is 11.9 Å². The largest absolute Gasteiger partial charge is 0.439 e. The van der Waals surface area contributed by atoms with Crippen LogP contribution in [0.25, 0.3) is 21.1 Å². The second kappa shape index (κ2) is 8.37. The molecule has 0 radical (unpaired) electrons. The summed E-state index contributed by atoms with van der Waals surface area (Å²) in [6, 6.07) is 20.6. The predicted molar refractivity (Wildman–Crippen MR) is 108 cm³/mol. The van der Waals surface area contributed by atoms with Gasteiger partial charge in [-0.2, -0.15) is 5.26 Å². The molecular weight excluding hydrogens is 454 g/mol. The zero-order valence-corrected chi connectivity index (χ0v) is 18.5. The number of hydrogen-bond donors (Lipinski definition) is 0. The Morgan fingerprint density at radius 3 is 2.44 bits per heavy atom. The quantitative estimate of drug-likeness (QED) is 0.355. The molecule has 2 aromatic heterocycles. The van der Waals surface area contributed by atoms with E-state index in [1.165, 1.54) is 4.70 Å². The smallest absolute Gasteiger partial charge is 0.287 e. The summed E-state index contributed by atoms with van der Waals surface area (Å²) in [7, 11) is -2.97. The number of nitrogens with zero attached hydrogens (tertiary/aromatic N) is 3. The molecule has 0 saturated carbocycles. The van der Waals surface area contributed by atoms with Gasteiger partial charge in [-0.25, -0.2) is 18.6 Å². The molecule has 1 aliphatic heterocycles. The molecule has 0 spiro atoms. The first-order chi connectivity index (χ1) is 15.2. The van der Waals surface area contributed by atoms with E-state index in [-0.39, 0.29) is 0 Å². The molecule has 162 valence electrons. The fourth-order valence-electron chi connectivity index (χ4n) is 3.59. The predicted octanol–water partition coefficient (Wildman–Crippen LogP) is -0.109. The van der Waals surface area contributed by atoms with Crippen molar-refractivity contribution in [3.05, 3.63) is 77.3 Å². The molecule has 0 N–H and O–H groups in total. The number of hydrogen-bond acceptors (Lipinski definition) is 8. The van der Waals surface area contributed by atoms with Crippen LogP contribution in [0.2, 0.25) is 0 Å². The molecule has 5 rings (SSSR count). The van der Waals surface area contributed by atoms with Crippen molar-refractivity contribution in [3.8, 4) is 11.8 Å². The third kappa shape index (κ3) is 4.24. The Bertz CT molecular complexity index is 1400. The molecule has 10 heteroatoms. The lowest BCUT2D eigenvalue weighted by Crippen LogP contribution is -2.68. The SMILES string of the molecule is Cc1cc(/C=C2\Oc3ccccc3N2C)c(C#N)c2sc3ccccc3[n+]12.[O-][Cl+3]([O-])([O-])[O-]. The van der Waals surface area contributed by atoms with Crippen LogP contribution in [0.1, 0.15) is 16.8 Å². The summed E-state index contributed by atoms with van der Waals surface area (Å²) in [5.74, 6) is 1.55. The van der Waals surface area contributed by atoms with E-state index < -0.39 is 10.2 Å². The number of aryl methyl sites for hydroxylation is 1. The van der Waals surface area contributed by atoms with Crippen LogP contribution in [-0.2, 0) is 0 Å². The van der Waals surface area contributed by atoms with E-state index in [4.69, 9.17) is 23.4 Å². The molecular formula is C22H16ClN3O5S. The van der Waals surface area contributed by atoms with Gasteiger partial charge < -0.3 is 9.64 Å². The monoisotopic (exact) mass is 469 g/mol. The number of aromatic nitrogens is 1. The number of anilines is 1. The maximum atomic E-state index is 9.91. The van der Waals surface area contributed by atoms with Crippen molar-refractivity contribution in [3.63, 3.8) is 0 Å². The number of benzene rings is 2. The normalized spacial score (nSPS) is 14.2. The van der Waals surface area contributed by atoms with Gasteiger partial charge in [-0.1, -0.05) is 35.6 Å². The highest BCUT2D eigenvalue weighted by Gasteiger charge is 2.26. The Morgan fingerprint density at radius 1 is 1.09 bits per heavy atom. The van der Waals surface area contributed by atoms with Gasteiger partial charge >= 0.3 is 0 Å². The van der Waals surface area contributed by atoms with Gasteiger partial charge in [0.05, 0.1) is 5.69 Å². The Balaban J connectivity index is 0.000000444. The van der Waals surface area contributed by atoms with Gasteiger partial charge in [0, 0.05) is 37.7 Å². The van der Waals surface area contributed by atoms with E-state index >= 15 is 0 Å². The molecule has 4 aromatic rings. The highest BCUT2D eigenvalue weighted by Crippen LogP contribution is 2.38. The van der Waals surface area contributed by atoms with E-state index in [9.17, 15) is 5.26 Å². The average Bonchev–Trinajstić information content (AvgIpc) is 3.26.